The van der Waals surface area contributed by atoms with Crippen LogP contribution < -0.4 is 5.32 Å². The number of rotatable bonds is 7. The Morgan fingerprint density at radius 1 is 1.16 bits per heavy atom. The number of nitro benzene ring substituents is 1. The second-order valence-corrected chi connectivity index (χ2v) is 9.75. The largest absolute Gasteiger partial charge is 0.325 e. The molecule has 4 rings (SSSR count). The number of thioether (sulfide) groups is 1. The first-order chi connectivity index (χ1) is 15.5. The van der Waals surface area contributed by atoms with Gasteiger partial charge in [0, 0.05) is 28.5 Å². The van der Waals surface area contributed by atoms with E-state index in [-0.39, 0.29) is 17.3 Å². The van der Waals surface area contributed by atoms with E-state index in [2.05, 4.69) is 31.2 Å². The normalized spacial score (nSPS) is 11.2. The molecular weight excluding hydrogens is 512 g/mol. The van der Waals surface area contributed by atoms with E-state index in [1.54, 1.807) is 0 Å². The van der Waals surface area contributed by atoms with Gasteiger partial charge in [0.25, 0.3) is 5.69 Å². The predicted octanol–water partition coefficient (Wildman–Crippen LogP) is 6.45. The van der Waals surface area contributed by atoms with Gasteiger partial charge < -0.3 is 5.32 Å². The highest BCUT2D eigenvalue weighted by atomic mass is 79.9. The maximum Gasteiger partial charge on any atom is 0.269 e. The molecule has 1 N–H and O–H groups in total. The smallest absolute Gasteiger partial charge is 0.269 e. The number of hydrogen-bond acceptors (Lipinski definition) is 7. The number of anilines is 1. The number of nitro groups is 1. The molecule has 0 aliphatic heterocycles. The Balaban J connectivity index is 1.36. The molecule has 0 aliphatic carbocycles. The minimum Gasteiger partial charge on any atom is -0.325 e. The fraction of sp³-hybridized carbons (Fsp3) is 0.0455. The average molecular weight is 527 g/mol. The summed E-state index contributed by atoms with van der Waals surface area (Å²) in [5.74, 6) is -0.0198. The zero-order valence-electron chi connectivity index (χ0n) is 16.4. The molecule has 0 fully saturated rings. The summed E-state index contributed by atoms with van der Waals surface area (Å²) in [7, 11) is 0. The van der Waals surface area contributed by atoms with Crippen molar-refractivity contribution in [1.82, 2.24) is 4.98 Å². The standard InChI is InChI=1S/C22H15BrN4O3S2/c23-15-3-1-14(2-4-15)12-24-17-7-10-19-20(11-17)32-22(26-19)31-13-21(28)25-16-5-8-18(9-6-16)27(29)30/h1-12H,13H2,(H,25,28). The van der Waals surface area contributed by atoms with Gasteiger partial charge in [0.05, 0.1) is 26.6 Å². The molecule has 0 spiro atoms. The third kappa shape index (κ3) is 5.78. The number of halogens is 1. The van der Waals surface area contributed by atoms with E-state index in [1.807, 2.05) is 48.7 Å². The summed E-state index contributed by atoms with van der Waals surface area (Å²) < 4.78 is 2.80. The van der Waals surface area contributed by atoms with Crippen LogP contribution in [0.2, 0.25) is 0 Å². The lowest BCUT2D eigenvalue weighted by Gasteiger charge is -2.03. The fourth-order valence-corrected chi connectivity index (χ4v) is 4.89. The molecule has 160 valence electrons. The Hall–Kier alpha value is -3.08. The average Bonchev–Trinajstić information content (AvgIpc) is 3.20. The Kier molecular flexibility index (Phi) is 6.93. The van der Waals surface area contributed by atoms with Crippen molar-refractivity contribution in [2.45, 2.75) is 4.34 Å². The van der Waals surface area contributed by atoms with Gasteiger partial charge in [0.15, 0.2) is 4.34 Å². The number of benzene rings is 3. The van der Waals surface area contributed by atoms with Gasteiger partial charge in [-0.25, -0.2) is 4.98 Å². The minimum atomic E-state index is -0.480. The molecule has 0 unspecified atom stereocenters. The van der Waals surface area contributed by atoms with Gasteiger partial charge in [-0.1, -0.05) is 39.8 Å². The molecule has 0 aliphatic rings. The molecule has 0 atom stereocenters. The molecule has 0 bridgehead atoms. The number of fused-ring (bicyclic) bond motifs is 1. The summed E-state index contributed by atoms with van der Waals surface area (Å²) in [4.78, 5) is 31.5. The van der Waals surface area contributed by atoms with Gasteiger partial charge in [-0.15, -0.1) is 11.3 Å². The predicted molar refractivity (Wildman–Crippen MR) is 133 cm³/mol. The van der Waals surface area contributed by atoms with Crippen molar-refractivity contribution in [3.05, 3.63) is 86.9 Å². The summed E-state index contributed by atoms with van der Waals surface area (Å²) in [5, 5.41) is 13.4. The molecule has 1 amide bonds. The summed E-state index contributed by atoms with van der Waals surface area (Å²) in [6.07, 6.45) is 1.81. The molecule has 0 radical (unpaired) electrons. The molecule has 0 saturated carbocycles. The molecule has 4 aromatic rings. The van der Waals surface area contributed by atoms with Crippen LogP contribution in [0.5, 0.6) is 0 Å². The van der Waals surface area contributed by atoms with Crippen LogP contribution >= 0.6 is 39.0 Å². The third-order valence-electron chi connectivity index (χ3n) is 4.27. The van der Waals surface area contributed by atoms with Crippen molar-refractivity contribution in [1.29, 1.82) is 0 Å². The zero-order chi connectivity index (χ0) is 22.5. The molecule has 7 nitrogen and oxygen atoms in total. The topological polar surface area (TPSA) is 97.5 Å². The number of carbonyl (C=O) groups is 1. The summed E-state index contributed by atoms with van der Waals surface area (Å²) in [5.41, 5.74) is 3.19. The molecule has 1 heterocycles. The first-order valence-corrected chi connectivity index (χ1v) is 11.9. The highest BCUT2D eigenvalue weighted by Gasteiger charge is 2.10. The minimum absolute atomic E-state index is 0.0209. The van der Waals surface area contributed by atoms with Gasteiger partial charge in [0.2, 0.25) is 5.91 Å². The van der Waals surface area contributed by atoms with Crippen LogP contribution in [0.25, 0.3) is 10.2 Å². The number of non-ortho nitro benzene ring substituents is 1. The lowest BCUT2D eigenvalue weighted by molar-refractivity contribution is -0.384. The Morgan fingerprint density at radius 3 is 2.62 bits per heavy atom. The monoisotopic (exact) mass is 526 g/mol. The SMILES string of the molecule is O=C(CSc1nc2ccc(N=Cc3ccc(Br)cc3)cc2s1)Nc1ccc([N+](=O)[O-])cc1. The number of nitrogens with zero attached hydrogens (tertiary/aromatic N) is 3. The first-order valence-electron chi connectivity index (χ1n) is 9.33. The van der Waals surface area contributed by atoms with E-state index in [0.29, 0.717) is 5.69 Å². The number of hydrogen-bond donors (Lipinski definition) is 1. The number of carbonyl (C=O) groups excluding carboxylic acids is 1. The molecule has 10 heteroatoms. The number of thiazole rings is 1. The van der Waals surface area contributed by atoms with Crippen molar-refractivity contribution in [3.63, 3.8) is 0 Å². The maximum atomic E-state index is 12.2. The van der Waals surface area contributed by atoms with E-state index >= 15 is 0 Å². The fourth-order valence-electron chi connectivity index (χ4n) is 2.72. The van der Waals surface area contributed by atoms with Gasteiger partial charge >= 0.3 is 0 Å². The molecule has 32 heavy (non-hydrogen) atoms. The van der Waals surface area contributed by atoms with Crippen molar-refractivity contribution < 1.29 is 9.72 Å². The second-order valence-electron chi connectivity index (χ2n) is 6.58. The Bertz CT molecular complexity index is 1310. The third-order valence-corrected chi connectivity index (χ3v) is 6.96. The van der Waals surface area contributed by atoms with E-state index in [9.17, 15) is 14.9 Å². The van der Waals surface area contributed by atoms with E-state index in [1.165, 1.54) is 47.4 Å². The maximum absolute atomic E-state index is 12.2. The Morgan fingerprint density at radius 2 is 1.91 bits per heavy atom. The lowest BCUT2D eigenvalue weighted by Crippen LogP contribution is -2.13. The Labute approximate surface area is 199 Å². The molecule has 0 saturated heterocycles. The first kappa shape index (κ1) is 22.1. The van der Waals surface area contributed by atoms with Crippen LogP contribution in [0.3, 0.4) is 0 Å². The van der Waals surface area contributed by atoms with E-state index < -0.39 is 4.92 Å². The van der Waals surface area contributed by atoms with Crippen LogP contribution in [-0.4, -0.2) is 27.8 Å². The van der Waals surface area contributed by atoms with Gasteiger partial charge in [0.1, 0.15) is 0 Å². The van der Waals surface area contributed by atoms with Crippen LogP contribution in [0.4, 0.5) is 17.1 Å². The van der Waals surface area contributed by atoms with Gasteiger partial charge in [-0.2, -0.15) is 0 Å². The van der Waals surface area contributed by atoms with Crippen LogP contribution in [0.15, 0.2) is 80.5 Å². The molecular formula is C22H15BrN4O3S2. The van der Waals surface area contributed by atoms with Crippen LogP contribution in [-0.2, 0) is 4.79 Å². The molecule has 1 aromatic heterocycles. The lowest BCUT2D eigenvalue weighted by atomic mass is 10.2. The van der Waals surface area contributed by atoms with Crippen LogP contribution in [0, 0.1) is 10.1 Å². The number of amides is 1. The van der Waals surface area contributed by atoms with Crippen molar-refractivity contribution >= 4 is 78.4 Å². The van der Waals surface area contributed by atoms with Gasteiger partial charge in [-0.05, 0) is 48.0 Å². The quantitative estimate of drug-likeness (QED) is 0.129. The number of nitrogens with one attached hydrogen (secondary N) is 1. The van der Waals surface area contributed by atoms with E-state index in [0.717, 1.165) is 30.3 Å². The highest BCUT2D eigenvalue weighted by Crippen LogP contribution is 2.32. The zero-order valence-corrected chi connectivity index (χ0v) is 19.6. The number of aromatic nitrogens is 1. The van der Waals surface area contributed by atoms with Crippen LogP contribution in [0.1, 0.15) is 5.56 Å². The highest BCUT2D eigenvalue weighted by molar-refractivity contribution is 9.10. The summed E-state index contributed by atoms with van der Waals surface area (Å²) in [6.45, 7) is 0. The van der Waals surface area contributed by atoms with Crippen molar-refractivity contribution in [3.8, 4) is 0 Å². The number of aliphatic imine (C=N–C) groups is 1. The molecule has 3 aromatic carbocycles. The van der Waals surface area contributed by atoms with E-state index in [4.69, 9.17) is 0 Å². The summed E-state index contributed by atoms with van der Waals surface area (Å²) >= 11 is 6.27. The van der Waals surface area contributed by atoms with Crippen molar-refractivity contribution in [2.24, 2.45) is 4.99 Å². The second kappa shape index (κ2) is 10.0. The summed E-state index contributed by atoms with van der Waals surface area (Å²) in [6, 6.07) is 19.4. The van der Waals surface area contributed by atoms with Crippen molar-refractivity contribution in [2.75, 3.05) is 11.1 Å². The van der Waals surface area contributed by atoms with Gasteiger partial charge in [-0.3, -0.25) is 19.9 Å².